The first-order valence-electron chi connectivity index (χ1n) is 17.1. The highest BCUT2D eigenvalue weighted by molar-refractivity contribution is 7.26. The second-order valence-electron chi connectivity index (χ2n) is 13.2. The Morgan fingerprint density at radius 3 is 1.50 bits per heavy atom. The summed E-state index contributed by atoms with van der Waals surface area (Å²) < 4.78 is 8.94. The van der Waals surface area contributed by atoms with Crippen LogP contribution in [0.1, 0.15) is 0 Å². The first kappa shape index (κ1) is 27.7. The smallest absolute Gasteiger partial charge is 0.136 e. The summed E-state index contributed by atoms with van der Waals surface area (Å²) in [5.41, 5.74) is 9.37. The molecule has 2 heteroatoms. The van der Waals surface area contributed by atoms with Crippen molar-refractivity contribution in [1.29, 1.82) is 0 Å². The maximum atomic E-state index is 6.33. The van der Waals surface area contributed by atoms with Crippen molar-refractivity contribution < 1.29 is 4.42 Å². The predicted molar refractivity (Wildman–Crippen MR) is 215 cm³/mol. The molecule has 232 valence electrons. The maximum absolute atomic E-state index is 6.33. The van der Waals surface area contributed by atoms with Gasteiger partial charge in [0, 0.05) is 36.3 Å². The first-order valence-corrected chi connectivity index (χ1v) is 17.9. The fourth-order valence-corrected chi connectivity index (χ4v) is 9.47. The maximum Gasteiger partial charge on any atom is 0.136 e. The topological polar surface area (TPSA) is 13.1 Å². The van der Waals surface area contributed by atoms with Gasteiger partial charge in [-0.15, -0.1) is 11.3 Å². The third-order valence-electron chi connectivity index (χ3n) is 10.5. The van der Waals surface area contributed by atoms with Crippen LogP contribution in [0.5, 0.6) is 0 Å². The Morgan fingerprint density at radius 2 is 0.840 bits per heavy atom. The molecule has 2 aromatic heterocycles. The van der Waals surface area contributed by atoms with Crippen molar-refractivity contribution in [3.05, 3.63) is 170 Å². The average molecular weight is 653 g/mol. The zero-order chi connectivity index (χ0) is 32.8. The Bertz CT molecular complexity index is 3070. The normalized spacial score (nSPS) is 12.0. The van der Waals surface area contributed by atoms with Crippen LogP contribution in [0, 0.1) is 0 Å². The summed E-state index contributed by atoms with van der Waals surface area (Å²) in [5.74, 6) is 0. The van der Waals surface area contributed by atoms with Gasteiger partial charge < -0.3 is 4.42 Å². The van der Waals surface area contributed by atoms with Crippen molar-refractivity contribution in [3.63, 3.8) is 0 Å². The zero-order valence-corrected chi connectivity index (χ0v) is 27.8. The SMILES string of the molecule is c1ccc(-c2c3ccccc3c(-c3ccc(-c4cc5c6cc7oc8ccccc8c7cc6sc5c5ccccc45)cc3)c3ccccc23)cc1. The monoisotopic (exact) mass is 652 g/mol. The molecule has 0 fully saturated rings. The second kappa shape index (κ2) is 10.6. The molecule has 0 aliphatic heterocycles. The van der Waals surface area contributed by atoms with Gasteiger partial charge in [-0.05, 0) is 84.6 Å². The van der Waals surface area contributed by atoms with E-state index in [2.05, 4.69) is 164 Å². The lowest BCUT2D eigenvalue weighted by molar-refractivity contribution is 0.669. The average Bonchev–Trinajstić information content (AvgIpc) is 3.73. The molecule has 0 bridgehead atoms. The van der Waals surface area contributed by atoms with Crippen LogP contribution in [0.2, 0.25) is 0 Å². The largest absolute Gasteiger partial charge is 0.456 e. The zero-order valence-electron chi connectivity index (χ0n) is 27.0. The minimum atomic E-state index is 0.936. The standard InChI is InChI=1S/C48H28OS/c1-2-12-30(13-3-1)46-34-16-5-7-18-36(34)47(37-19-8-6-17-35(37)46)31-24-22-29(23-25-31)39-26-42-41-27-44-40(33-15-10-11-21-43(33)49-44)28-45(41)50-48(42)38-20-9-4-14-32(38)39/h1-28H. The molecule has 0 amide bonds. The van der Waals surface area contributed by atoms with Crippen LogP contribution < -0.4 is 0 Å². The van der Waals surface area contributed by atoms with Gasteiger partial charge in [0.15, 0.2) is 0 Å². The van der Waals surface area contributed by atoms with E-state index in [-0.39, 0.29) is 0 Å². The Balaban J connectivity index is 1.12. The van der Waals surface area contributed by atoms with E-state index in [1.54, 1.807) is 0 Å². The van der Waals surface area contributed by atoms with Crippen LogP contribution in [-0.2, 0) is 0 Å². The molecule has 11 rings (SSSR count). The van der Waals surface area contributed by atoms with Crippen LogP contribution in [0.15, 0.2) is 174 Å². The van der Waals surface area contributed by atoms with Gasteiger partial charge in [0.1, 0.15) is 11.2 Å². The van der Waals surface area contributed by atoms with Crippen molar-refractivity contribution in [1.82, 2.24) is 0 Å². The van der Waals surface area contributed by atoms with Crippen molar-refractivity contribution in [3.8, 4) is 33.4 Å². The molecule has 0 unspecified atom stereocenters. The van der Waals surface area contributed by atoms with Gasteiger partial charge >= 0.3 is 0 Å². The minimum Gasteiger partial charge on any atom is -0.456 e. The number of hydrogen-bond acceptors (Lipinski definition) is 2. The Morgan fingerprint density at radius 1 is 0.320 bits per heavy atom. The second-order valence-corrected chi connectivity index (χ2v) is 14.2. The molecular weight excluding hydrogens is 625 g/mol. The van der Waals surface area contributed by atoms with Gasteiger partial charge in [-0.2, -0.15) is 0 Å². The van der Waals surface area contributed by atoms with Crippen molar-refractivity contribution in [2.75, 3.05) is 0 Å². The van der Waals surface area contributed by atoms with Gasteiger partial charge in [-0.3, -0.25) is 0 Å². The number of benzene rings is 9. The fourth-order valence-electron chi connectivity index (χ4n) is 8.23. The number of hydrogen-bond donors (Lipinski definition) is 0. The molecule has 0 spiro atoms. The van der Waals surface area contributed by atoms with Gasteiger partial charge in [-0.25, -0.2) is 0 Å². The first-order chi connectivity index (χ1) is 24.8. The number of thiophene rings is 1. The molecule has 9 aromatic carbocycles. The molecule has 2 heterocycles. The van der Waals surface area contributed by atoms with E-state index in [0.717, 1.165) is 11.2 Å². The van der Waals surface area contributed by atoms with E-state index < -0.39 is 0 Å². The van der Waals surface area contributed by atoms with Gasteiger partial charge in [0.05, 0.1) is 0 Å². The lowest BCUT2D eigenvalue weighted by atomic mass is 9.85. The van der Waals surface area contributed by atoms with E-state index in [1.807, 2.05) is 17.4 Å². The molecule has 50 heavy (non-hydrogen) atoms. The molecular formula is C48H28OS. The number of para-hydroxylation sites is 1. The van der Waals surface area contributed by atoms with Crippen LogP contribution in [-0.4, -0.2) is 0 Å². The van der Waals surface area contributed by atoms with Crippen LogP contribution in [0.3, 0.4) is 0 Å². The van der Waals surface area contributed by atoms with Crippen LogP contribution >= 0.6 is 11.3 Å². The summed E-state index contributed by atoms with van der Waals surface area (Å²) >= 11 is 1.88. The lowest BCUT2D eigenvalue weighted by Crippen LogP contribution is -1.91. The summed E-state index contributed by atoms with van der Waals surface area (Å²) in [7, 11) is 0. The third kappa shape index (κ3) is 4.00. The van der Waals surface area contributed by atoms with Crippen LogP contribution in [0.4, 0.5) is 0 Å². The molecule has 0 radical (unpaired) electrons. The molecule has 0 atom stereocenters. The Labute approximate surface area is 292 Å². The molecule has 11 aromatic rings. The van der Waals surface area contributed by atoms with Crippen LogP contribution in [0.25, 0.3) is 108 Å². The molecule has 0 saturated carbocycles. The quantitative estimate of drug-likeness (QED) is 0.173. The van der Waals surface area contributed by atoms with Crippen molar-refractivity contribution in [2.45, 2.75) is 0 Å². The predicted octanol–water partition coefficient (Wildman–Crippen LogP) is 14.4. The summed E-state index contributed by atoms with van der Waals surface area (Å²) in [4.78, 5) is 0. The molecule has 0 saturated heterocycles. The summed E-state index contributed by atoms with van der Waals surface area (Å²) in [6.45, 7) is 0. The van der Waals surface area contributed by atoms with E-state index in [9.17, 15) is 0 Å². The van der Waals surface area contributed by atoms with Gasteiger partial charge in [-0.1, -0.05) is 146 Å². The molecule has 1 nitrogen and oxygen atoms in total. The minimum absolute atomic E-state index is 0.936. The van der Waals surface area contributed by atoms with E-state index in [1.165, 1.54) is 96.6 Å². The Kier molecular flexibility index (Phi) is 5.89. The number of furan rings is 1. The summed E-state index contributed by atoms with van der Waals surface area (Å²) in [5, 5.41) is 12.5. The van der Waals surface area contributed by atoms with E-state index in [4.69, 9.17) is 4.42 Å². The van der Waals surface area contributed by atoms with Crippen molar-refractivity contribution >= 4 is 85.8 Å². The highest BCUT2D eigenvalue weighted by atomic mass is 32.1. The fraction of sp³-hybridized carbons (Fsp3) is 0. The molecule has 0 aliphatic rings. The lowest BCUT2D eigenvalue weighted by Gasteiger charge is -2.18. The number of fused-ring (bicyclic) bond motifs is 10. The summed E-state index contributed by atoms with van der Waals surface area (Å²) in [6, 6.07) is 61.9. The van der Waals surface area contributed by atoms with Gasteiger partial charge in [0.25, 0.3) is 0 Å². The van der Waals surface area contributed by atoms with E-state index in [0.29, 0.717) is 0 Å². The van der Waals surface area contributed by atoms with Gasteiger partial charge in [0.2, 0.25) is 0 Å². The van der Waals surface area contributed by atoms with E-state index >= 15 is 0 Å². The van der Waals surface area contributed by atoms with Crippen molar-refractivity contribution in [2.24, 2.45) is 0 Å². The molecule has 0 N–H and O–H groups in total. The summed E-state index contributed by atoms with van der Waals surface area (Å²) in [6.07, 6.45) is 0. The molecule has 0 aliphatic carbocycles. The number of rotatable bonds is 3. The third-order valence-corrected chi connectivity index (χ3v) is 11.7. The Hall–Kier alpha value is -6.22. The highest BCUT2D eigenvalue weighted by Crippen LogP contribution is 2.47. The highest BCUT2D eigenvalue weighted by Gasteiger charge is 2.18.